The lowest BCUT2D eigenvalue weighted by atomic mass is 10.1. The van der Waals surface area contributed by atoms with E-state index in [0.29, 0.717) is 17.7 Å². The molecule has 0 unspecified atom stereocenters. The smallest absolute Gasteiger partial charge is 0.262 e. The maximum absolute atomic E-state index is 13.0. The van der Waals surface area contributed by atoms with Gasteiger partial charge in [-0.2, -0.15) is 0 Å². The number of aromatic nitrogens is 4. The SMILES string of the molecule is CCCn1c(=O)c2cc(C)ccc2n2c(SCc3cccc(C)c3)nnc12. The molecule has 0 aliphatic heterocycles. The molecule has 4 aromatic rings. The van der Waals surface area contributed by atoms with Crippen molar-refractivity contribution < 1.29 is 0 Å². The van der Waals surface area contributed by atoms with Crippen LogP contribution in [0.2, 0.25) is 0 Å². The number of rotatable bonds is 5. The van der Waals surface area contributed by atoms with Crippen LogP contribution in [0.3, 0.4) is 0 Å². The monoisotopic (exact) mass is 378 g/mol. The van der Waals surface area contributed by atoms with E-state index in [9.17, 15) is 4.79 Å². The van der Waals surface area contributed by atoms with Gasteiger partial charge in [-0.3, -0.25) is 13.8 Å². The van der Waals surface area contributed by atoms with Crippen molar-refractivity contribution in [2.45, 2.75) is 44.6 Å². The summed E-state index contributed by atoms with van der Waals surface area (Å²) in [5.41, 5.74) is 4.44. The lowest BCUT2D eigenvalue weighted by Crippen LogP contribution is -2.23. The second-order valence-electron chi connectivity index (χ2n) is 6.87. The molecule has 2 aromatic heterocycles. The van der Waals surface area contributed by atoms with Gasteiger partial charge in [0.2, 0.25) is 5.78 Å². The summed E-state index contributed by atoms with van der Waals surface area (Å²) >= 11 is 1.64. The van der Waals surface area contributed by atoms with Crippen molar-refractivity contribution in [1.82, 2.24) is 19.2 Å². The van der Waals surface area contributed by atoms with Gasteiger partial charge in [0, 0.05) is 12.3 Å². The van der Waals surface area contributed by atoms with Crippen LogP contribution in [0.15, 0.2) is 52.4 Å². The highest BCUT2D eigenvalue weighted by Crippen LogP contribution is 2.25. The molecule has 6 heteroatoms. The summed E-state index contributed by atoms with van der Waals surface area (Å²) in [6.45, 7) is 6.80. The minimum Gasteiger partial charge on any atom is -0.276 e. The molecule has 0 saturated heterocycles. The van der Waals surface area contributed by atoms with Gasteiger partial charge in [0.25, 0.3) is 5.56 Å². The third-order valence-corrected chi connectivity index (χ3v) is 5.62. The van der Waals surface area contributed by atoms with Crippen molar-refractivity contribution in [2.75, 3.05) is 0 Å². The van der Waals surface area contributed by atoms with Crippen LogP contribution in [0.25, 0.3) is 16.7 Å². The highest BCUT2D eigenvalue weighted by atomic mass is 32.2. The Kier molecular flexibility index (Phi) is 4.74. The Labute approximate surface area is 162 Å². The normalized spacial score (nSPS) is 11.5. The summed E-state index contributed by atoms with van der Waals surface area (Å²) in [4.78, 5) is 13.0. The van der Waals surface area contributed by atoms with E-state index < -0.39 is 0 Å². The lowest BCUT2D eigenvalue weighted by Gasteiger charge is -2.11. The highest BCUT2D eigenvalue weighted by molar-refractivity contribution is 7.98. The number of aryl methyl sites for hydroxylation is 3. The third kappa shape index (κ3) is 3.25. The van der Waals surface area contributed by atoms with Gasteiger partial charge in [-0.1, -0.05) is 60.1 Å². The standard InChI is InChI=1S/C21H22N4OS/c1-4-10-24-19(26)17-12-15(3)8-9-18(17)25-20(24)22-23-21(25)27-13-16-7-5-6-14(2)11-16/h5-9,11-12H,4,10,13H2,1-3H3. The topological polar surface area (TPSA) is 52.2 Å². The molecule has 138 valence electrons. The Morgan fingerprint density at radius 3 is 2.63 bits per heavy atom. The zero-order chi connectivity index (χ0) is 19.0. The fraction of sp³-hybridized carbons (Fsp3) is 0.286. The molecule has 0 radical (unpaired) electrons. The summed E-state index contributed by atoms with van der Waals surface area (Å²) in [5.74, 6) is 1.42. The zero-order valence-electron chi connectivity index (χ0n) is 15.8. The quantitative estimate of drug-likeness (QED) is 0.484. The van der Waals surface area contributed by atoms with Crippen LogP contribution >= 0.6 is 11.8 Å². The molecule has 0 amide bonds. The van der Waals surface area contributed by atoms with Gasteiger partial charge in [-0.05, 0) is 38.0 Å². The van der Waals surface area contributed by atoms with Crippen LogP contribution in [0, 0.1) is 13.8 Å². The molecule has 0 aliphatic carbocycles. The Morgan fingerprint density at radius 1 is 1.04 bits per heavy atom. The molecular weight excluding hydrogens is 356 g/mol. The fourth-order valence-electron chi connectivity index (χ4n) is 3.37. The number of hydrogen-bond acceptors (Lipinski definition) is 4. The van der Waals surface area contributed by atoms with E-state index >= 15 is 0 Å². The first-order chi connectivity index (χ1) is 13.1. The van der Waals surface area contributed by atoms with Gasteiger partial charge in [-0.25, -0.2) is 0 Å². The van der Waals surface area contributed by atoms with Crippen molar-refractivity contribution >= 4 is 28.4 Å². The number of benzene rings is 2. The second kappa shape index (κ2) is 7.19. The Hall–Kier alpha value is -2.60. The van der Waals surface area contributed by atoms with Gasteiger partial charge in [-0.15, -0.1) is 10.2 Å². The maximum Gasteiger partial charge on any atom is 0.262 e. The highest BCUT2D eigenvalue weighted by Gasteiger charge is 2.16. The molecule has 27 heavy (non-hydrogen) atoms. The third-order valence-electron chi connectivity index (χ3n) is 4.62. The Morgan fingerprint density at radius 2 is 1.85 bits per heavy atom. The molecule has 4 rings (SSSR count). The first-order valence-corrected chi connectivity index (χ1v) is 10.1. The van der Waals surface area contributed by atoms with Crippen molar-refractivity contribution in [3.8, 4) is 0 Å². The minimum absolute atomic E-state index is 0.00526. The van der Waals surface area contributed by atoms with E-state index in [2.05, 4.69) is 48.3 Å². The van der Waals surface area contributed by atoms with Crippen LogP contribution < -0.4 is 5.56 Å². The van der Waals surface area contributed by atoms with E-state index in [4.69, 9.17) is 0 Å². The van der Waals surface area contributed by atoms with Gasteiger partial charge >= 0.3 is 0 Å². The van der Waals surface area contributed by atoms with Gasteiger partial charge in [0.15, 0.2) is 5.16 Å². The average Bonchev–Trinajstić information content (AvgIpc) is 3.07. The predicted octanol–water partition coefficient (Wildman–Crippen LogP) is 4.36. The van der Waals surface area contributed by atoms with Crippen molar-refractivity contribution in [3.05, 3.63) is 69.5 Å². The van der Waals surface area contributed by atoms with Gasteiger partial charge in [0.1, 0.15) is 0 Å². The molecule has 0 spiro atoms. The largest absolute Gasteiger partial charge is 0.276 e. The summed E-state index contributed by atoms with van der Waals surface area (Å²) in [5, 5.41) is 10.3. The molecule has 0 aliphatic rings. The van der Waals surface area contributed by atoms with Crippen LogP contribution in [0.4, 0.5) is 0 Å². The fourth-order valence-corrected chi connectivity index (χ4v) is 4.25. The molecular formula is C21H22N4OS. The Balaban J connectivity index is 1.87. The van der Waals surface area contributed by atoms with Crippen LogP contribution in [0.5, 0.6) is 0 Å². The van der Waals surface area contributed by atoms with Crippen molar-refractivity contribution in [2.24, 2.45) is 0 Å². The number of fused-ring (bicyclic) bond motifs is 3. The summed E-state index contributed by atoms with van der Waals surface area (Å²) in [7, 11) is 0. The number of hydrogen-bond donors (Lipinski definition) is 0. The molecule has 0 N–H and O–H groups in total. The molecule has 2 heterocycles. The van der Waals surface area contributed by atoms with Crippen LogP contribution in [-0.4, -0.2) is 19.2 Å². The molecule has 0 bridgehead atoms. The van der Waals surface area contributed by atoms with Crippen LogP contribution in [0.1, 0.15) is 30.0 Å². The van der Waals surface area contributed by atoms with E-state index in [1.807, 2.05) is 29.5 Å². The summed E-state index contributed by atoms with van der Waals surface area (Å²) in [6.07, 6.45) is 0.867. The van der Waals surface area contributed by atoms with Gasteiger partial charge in [0.05, 0.1) is 10.9 Å². The van der Waals surface area contributed by atoms with Gasteiger partial charge < -0.3 is 0 Å². The first kappa shape index (κ1) is 17.8. The molecule has 0 fully saturated rings. The summed E-state index contributed by atoms with van der Waals surface area (Å²) in [6, 6.07) is 14.5. The van der Waals surface area contributed by atoms with E-state index in [0.717, 1.165) is 28.4 Å². The lowest BCUT2D eigenvalue weighted by molar-refractivity contribution is 0.662. The van der Waals surface area contributed by atoms with Crippen LogP contribution in [-0.2, 0) is 12.3 Å². The molecule has 2 aromatic carbocycles. The van der Waals surface area contributed by atoms with Crippen molar-refractivity contribution in [3.63, 3.8) is 0 Å². The first-order valence-electron chi connectivity index (χ1n) is 9.15. The zero-order valence-corrected chi connectivity index (χ0v) is 16.6. The average molecular weight is 379 g/mol. The molecule has 0 saturated carbocycles. The minimum atomic E-state index is 0.00526. The maximum atomic E-state index is 13.0. The number of nitrogens with zero attached hydrogens (tertiary/aromatic N) is 4. The van der Waals surface area contributed by atoms with E-state index in [1.165, 1.54) is 11.1 Å². The Bertz CT molecular complexity index is 1190. The second-order valence-corrected chi connectivity index (χ2v) is 7.82. The molecule has 5 nitrogen and oxygen atoms in total. The van der Waals surface area contributed by atoms with E-state index in [-0.39, 0.29) is 5.56 Å². The predicted molar refractivity (Wildman–Crippen MR) is 111 cm³/mol. The summed E-state index contributed by atoms with van der Waals surface area (Å²) < 4.78 is 3.76. The molecule has 0 atom stereocenters. The number of thioether (sulfide) groups is 1. The van der Waals surface area contributed by atoms with Crippen molar-refractivity contribution in [1.29, 1.82) is 0 Å². The van der Waals surface area contributed by atoms with E-state index in [1.54, 1.807) is 16.3 Å².